The summed E-state index contributed by atoms with van der Waals surface area (Å²) in [4.78, 5) is 10.1. The third-order valence-electron chi connectivity index (χ3n) is 8.13. The van der Waals surface area contributed by atoms with E-state index < -0.39 is 0 Å². The molecule has 206 valence electrons. The number of pyridine rings is 3. The molecular weight excluding hydrogens is 694 g/mol. The molecule has 4 heterocycles. The normalized spacial score (nSPS) is 12.2. The number of aryl methyl sites for hydroxylation is 1. The predicted octanol–water partition coefficient (Wildman–Crippen LogP) is 9.61. The van der Waals surface area contributed by atoms with Gasteiger partial charge in [-0.05, 0) is 55.4 Å². The third kappa shape index (κ3) is 4.30. The summed E-state index contributed by atoms with van der Waals surface area (Å²) in [6, 6.07) is 33.9. The second-order valence-corrected chi connectivity index (χ2v) is 12.5. The Kier molecular flexibility index (Phi) is 6.22. The molecule has 0 fully saturated rings. The Labute approximate surface area is 259 Å². The molecule has 4 aromatic carbocycles. The molecule has 0 aliphatic heterocycles. The smallest absolute Gasteiger partial charge is 0.428 e. The van der Waals surface area contributed by atoms with Crippen molar-refractivity contribution < 1.29 is 21.1 Å². The van der Waals surface area contributed by atoms with E-state index in [1.807, 2.05) is 12.3 Å². The first-order chi connectivity index (χ1) is 19.8. The van der Waals surface area contributed by atoms with Gasteiger partial charge in [0, 0.05) is 11.9 Å². The summed E-state index contributed by atoms with van der Waals surface area (Å²) in [6.45, 7) is 9.05. The molecule has 0 aliphatic carbocycles. The Morgan fingerprint density at radius 3 is 2.26 bits per heavy atom. The molecule has 8 aromatic rings. The first-order valence-corrected chi connectivity index (χ1v) is 14.2. The monoisotopic (exact) mass is 722 g/mol. The van der Waals surface area contributed by atoms with E-state index in [2.05, 4.69) is 123 Å². The van der Waals surface area contributed by atoms with Crippen LogP contribution in [0.25, 0.3) is 71.4 Å². The van der Waals surface area contributed by atoms with Crippen LogP contribution in [0.3, 0.4) is 0 Å². The molecule has 0 N–H and O–H groups in total. The number of aromatic nitrogens is 3. The van der Waals surface area contributed by atoms with Crippen molar-refractivity contribution in [2.45, 2.75) is 34.1 Å². The van der Waals surface area contributed by atoms with E-state index in [9.17, 15) is 0 Å². The van der Waals surface area contributed by atoms with Gasteiger partial charge in [-0.25, -0.2) is 0 Å². The van der Waals surface area contributed by atoms with Crippen LogP contribution in [0.15, 0.2) is 91.1 Å². The van der Waals surface area contributed by atoms with Gasteiger partial charge in [0.2, 0.25) is 0 Å². The third-order valence-corrected chi connectivity index (χ3v) is 8.13. The minimum atomic E-state index is 0. The van der Waals surface area contributed by atoms with Gasteiger partial charge in [0.05, 0.1) is 5.65 Å². The SMILES string of the molecule is Cc1[c-]n2c3nc(-c4[c-]c(-c5cc6ccccc6cn5)ccc4)cc4cc(CC(C)(C)C)cc(c5cccc1c52)c43.[Pt+2]. The number of nitrogens with zero attached hydrogens (tertiary/aromatic N) is 3. The van der Waals surface area contributed by atoms with Gasteiger partial charge in [-0.3, -0.25) is 4.98 Å². The second kappa shape index (κ2) is 9.75. The zero-order chi connectivity index (χ0) is 27.9. The maximum atomic E-state index is 5.31. The van der Waals surface area contributed by atoms with Crippen molar-refractivity contribution in [3.05, 3.63) is 115 Å². The second-order valence-electron chi connectivity index (χ2n) is 12.5. The van der Waals surface area contributed by atoms with E-state index in [1.165, 1.54) is 43.4 Å². The first kappa shape index (κ1) is 26.8. The maximum absolute atomic E-state index is 5.31. The molecule has 0 radical (unpaired) electrons. The Bertz CT molecular complexity index is 2290. The quantitative estimate of drug-likeness (QED) is 0.103. The predicted molar refractivity (Wildman–Crippen MR) is 171 cm³/mol. The van der Waals surface area contributed by atoms with Crippen molar-refractivity contribution in [1.29, 1.82) is 0 Å². The van der Waals surface area contributed by atoms with Crippen molar-refractivity contribution in [2.75, 3.05) is 0 Å². The van der Waals surface area contributed by atoms with Crippen molar-refractivity contribution in [3.63, 3.8) is 0 Å². The van der Waals surface area contributed by atoms with Gasteiger partial charge in [0.25, 0.3) is 0 Å². The van der Waals surface area contributed by atoms with E-state index in [4.69, 9.17) is 9.97 Å². The summed E-state index contributed by atoms with van der Waals surface area (Å²) in [7, 11) is 0. The van der Waals surface area contributed by atoms with E-state index in [-0.39, 0.29) is 26.5 Å². The first-order valence-electron chi connectivity index (χ1n) is 14.2. The maximum Gasteiger partial charge on any atom is 2.00 e. The number of fused-ring (bicyclic) bond motifs is 3. The largest absolute Gasteiger partial charge is 2.00 e. The number of hydrogen-bond acceptors (Lipinski definition) is 2. The molecule has 4 heteroatoms. The van der Waals surface area contributed by atoms with Crippen molar-refractivity contribution in [3.8, 4) is 22.5 Å². The molecule has 0 saturated heterocycles. The number of rotatable bonds is 3. The van der Waals surface area contributed by atoms with E-state index in [0.29, 0.717) is 0 Å². The Balaban J connectivity index is 0.00000288. The number of benzene rings is 4. The summed E-state index contributed by atoms with van der Waals surface area (Å²) in [5.41, 5.74) is 8.52. The van der Waals surface area contributed by atoms with Crippen LogP contribution >= 0.6 is 0 Å². The fraction of sp³-hybridized carbons (Fsp3) is 0.158. The molecule has 0 bridgehead atoms. The summed E-state index contributed by atoms with van der Waals surface area (Å²) >= 11 is 0. The standard InChI is InChI=1S/C38H29N3.Pt/c1-23-22-41-36-30(23)13-8-14-31(36)32-16-24(20-38(2,3)4)15-29-19-34(40-37(41)35(29)32)27-12-7-11-26(17-27)33-18-25-9-5-6-10-28(25)21-39-33;/h5-16,18-19,21H,20H2,1-4H3;/q-2;+2. The fourth-order valence-electron chi connectivity index (χ4n) is 6.41. The van der Waals surface area contributed by atoms with Crippen LogP contribution in [0.4, 0.5) is 0 Å². The van der Waals surface area contributed by atoms with Crippen LogP contribution in [0.2, 0.25) is 0 Å². The van der Waals surface area contributed by atoms with Crippen molar-refractivity contribution >= 4 is 48.9 Å². The average molecular weight is 723 g/mol. The molecular formula is C38H29N3Pt. The summed E-state index contributed by atoms with van der Waals surface area (Å²) in [5, 5.41) is 8.44. The fourth-order valence-corrected chi connectivity index (χ4v) is 6.41. The molecule has 0 aliphatic rings. The number of hydrogen-bond donors (Lipinski definition) is 0. The van der Waals surface area contributed by atoms with Crippen LogP contribution in [-0.2, 0) is 27.5 Å². The van der Waals surface area contributed by atoms with Gasteiger partial charge in [-0.1, -0.05) is 111 Å². The van der Waals surface area contributed by atoms with Crippen LogP contribution in [0.5, 0.6) is 0 Å². The zero-order valence-corrected chi connectivity index (χ0v) is 26.3. The Morgan fingerprint density at radius 1 is 0.738 bits per heavy atom. The summed E-state index contributed by atoms with van der Waals surface area (Å²) in [6.07, 6.45) is 6.55. The van der Waals surface area contributed by atoms with Crippen LogP contribution in [0, 0.1) is 24.6 Å². The summed E-state index contributed by atoms with van der Waals surface area (Å²) < 4.78 is 2.18. The van der Waals surface area contributed by atoms with Gasteiger partial charge in [0.1, 0.15) is 0 Å². The molecule has 0 spiro atoms. The minimum absolute atomic E-state index is 0. The Morgan fingerprint density at radius 2 is 1.45 bits per heavy atom. The molecule has 0 unspecified atom stereocenters. The average Bonchev–Trinajstić information content (AvgIpc) is 3.31. The molecule has 0 amide bonds. The van der Waals surface area contributed by atoms with Crippen molar-refractivity contribution in [1.82, 2.24) is 14.4 Å². The molecule has 42 heavy (non-hydrogen) atoms. The zero-order valence-electron chi connectivity index (χ0n) is 24.0. The molecule has 4 aromatic heterocycles. The van der Waals surface area contributed by atoms with Gasteiger partial charge in [-0.2, -0.15) is 0 Å². The minimum Gasteiger partial charge on any atom is -0.428 e. The topological polar surface area (TPSA) is 30.2 Å². The molecule has 3 nitrogen and oxygen atoms in total. The van der Waals surface area contributed by atoms with Gasteiger partial charge in [-0.15, -0.1) is 41.3 Å². The van der Waals surface area contributed by atoms with Crippen LogP contribution in [-0.4, -0.2) is 14.4 Å². The van der Waals surface area contributed by atoms with Crippen molar-refractivity contribution in [2.24, 2.45) is 5.41 Å². The van der Waals surface area contributed by atoms with Crippen LogP contribution in [0.1, 0.15) is 31.9 Å². The van der Waals surface area contributed by atoms with Gasteiger partial charge < -0.3 is 9.38 Å². The summed E-state index contributed by atoms with van der Waals surface area (Å²) in [5.74, 6) is 0. The van der Waals surface area contributed by atoms with E-state index in [0.717, 1.165) is 45.5 Å². The molecule has 0 saturated carbocycles. The molecule has 0 atom stereocenters. The Hall–Kier alpha value is -4.07. The molecule has 8 rings (SSSR count). The van der Waals surface area contributed by atoms with E-state index >= 15 is 0 Å². The number of para-hydroxylation sites is 1. The van der Waals surface area contributed by atoms with Gasteiger partial charge >= 0.3 is 21.1 Å². The van der Waals surface area contributed by atoms with Crippen LogP contribution < -0.4 is 0 Å². The van der Waals surface area contributed by atoms with Gasteiger partial charge in [0.15, 0.2) is 0 Å². The van der Waals surface area contributed by atoms with E-state index in [1.54, 1.807) is 0 Å².